The third-order valence-corrected chi connectivity index (χ3v) is 1.05. The molecular formula is C7H13NO2. The maximum Gasteiger partial charge on any atom is 0.177 e. The van der Waals surface area contributed by atoms with Crippen LogP contribution in [0.15, 0.2) is 5.16 Å². The van der Waals surface area contributed by atoms with Crippen molar-refractivity contribution in [2.45, 2.75) is 27.2 Å². The number of oxime groups is 1. The number of rotatable bonds is 4. The highest BCUT2D eigenvalue weighted by Crippen LogP contribution is 1.88. The molecule has 0 amide bonds. The minimum absolute atomic E-state index is 0.0176. The minimum atomic E-state index is -0.0176. The molecule has 0 aromatic heterocycles. The summed E-state index contributed by atoms with van der Waals surface area (Å²) in [5.41, 5.74) is 0.502. The van der Waals surface area contributed by atoms with Crippen molar-refractivity contribution in [2.75, 3.05) is 6.61 Å². The molecule has 58 valence electrons. The third-order valence-electron chi connectivity index (χ3n) is 1.05. The summed E-state index contributed by atoms with van der Waals surface area (Å²) in [5.74, 6) is -0.0176. The van der Waals surface area contributed by atoms with Gasteiger partial charge in [0, 0.05) is 6.92 Å². The molecule has 0 unspecified atom stereocenters. The predicted octanol–water partition coefficient (Wildman–Crippen LogP) is 1.38. The molecule has 0 aromatic rings. The fourth-order valence-corrected chi connectivity index (χ4v) is 0.520. The van der Waals surface area contributed by atoms with E-state index < -0.39 is 0 Å². The molecule has 3 heteroatoms. The van der Waals surface area contributed by atoms with Gasteiger partial charge in [-0.15, -0.1) is 0 Å². The number of ketones is 1. The van der Waals surface area contributed by atoms with Gasteiger partial charge in [0.25, 0.3) is 0 Å². The van der Waals surface area contributed by atoms with Gasteiger partial charge in [-0.3, -0.25) is 4.79 Å². The Morgan fingerprint density at radius 3 is 2.40 bits per heavy atom. The highest BCUT2D eigenvalue weighted by atomic mass is 16.6. The van der Waals surface area contributed by atoms with Crippen molar-refractivity contribution < 1.29 is 9.63 Å². The second-order valence-corrected chi connectivity index (χ2v) is 1.87. The lowest BCUT2D eigenvalue weighted by Gasteiger charge is -1.96. The van der Waals surface area contributed by atoms with E-state index in [4.69, 9.17) is 4.84 Å². The van der Waals surface area contributed by atoms with E-state index in [0.29, 0.717) is 18.7 Å². The molecule has 0 heterocycles. The Morgan fingerprint density at radius 1 is 1.50 bits per heavy atom. The zero-order valence-electron chi connectivity index (χ0n) is 6.68. The number of hydrogen-bond donors (Lipinski definition) is 0. The average molecular weight is 143 g/mol. The van der Waals surface area contributed by atoms with Gasteiger partial charge >= 0.3 is 0 Å². The van der Waals surface area contributed by atoms with Gasteiger partial charge in [0.2, 0.25) is 0 Å². The van der Waals surface area contributed by atoms with Crippen LogP contribution in [0.2, 0.25) is 0 Å². The van der Waals surface area contributed by atoms with Crippen LogP contribution in [-0.4, -0.2) is 18.1 Å². The Balaban J connectivity index is 3.91. The molecular weight excluding hydrogens is 130 g/mol. The molecule has 0 saturated carbocycles. The van der Waals surface area contributed by atoms with Gasteiger partial charge in [0.05, 0.1) is 0 Å². The zero-order chi connectivity index (χ0) is 7.98. The van der Waals surface area contributed by atoms with Crippen molar-refractivity contribution in [1.29, 1.82) is 0 Å². The fourth-order valence-electron chi connectivity index (χ4n) is 0.520. The topological polar surface area (TPSA) is 38.7 Å². The minimum Gasteiger partial charge on any atom is -0.396 e. The number of carbonyl (C=O) groups is 1. The van der Waals surface area contributed by atoms with Gasteiger partial charge in [-0.2, -0.15) is 0 Å². The van der Waals surface area contributed by atoms with Crippen molar-refractivity contribution in [1.82, 2.24) is 0 Å². The number of carbonyl (C=O) groups excluding carboxylic acids is 1. The second kappa shape index (κ2) is 4.97. The molecule has 0 aromatic carbocycles. The van der Waals surface area contributed by atoms with Crippen LogP contribution >= 0.6 is 0 Å². The van der Waals surface area contributed by atoms with Crippen LogP contribution in [0.5, 0.6) is 0 Å². The Kier molecular flexibility index (Phi) is 4.54. The van der Waals surface area contributed by atoms with Gasteiger partial charge in [-0.1, -0.05) is 12.1 Å². The van der Waals surface area contributed by atoms with E-state index in [1.54, 1.807) is 0 Å². The van der Waals surface area contributed by atoms with Crippen LogP contribution in [0.1, 0.15) is 27.2 Å². The molecule has 0 aliphatic carbocycles. The first-order valence-electron chi connectivity index (χ1n) is 3.42. The van der Waals surface area contributed by atoms with E-state index in [2.05, 4.69) is 5.16 Å². The maximum atomic E-state index is 10.7. The second-order valence-electron chi connectivity index (χ2n) is 1.87. The first-order chi connectivity index (χ1) is 4.72. The molecule has 0 rings (SSSR count). The monoisotopic (exact) mass is 143 g/mol. The van der Waals surface area contributed by atoms with Gasteiger partial charge in [0.15, 0.2) is 5.78 Å². The standard InChI is InChI=1S/C7H13NO2/c1-4-7(6(3)9)8-10-5-2/h4-5H2,1-3H3. The summed E-state index contributed by atoms with van der Waals surface area (Å²) >= 11 is 0. The van der Waals surface area contributed by atoms with Crippen molar-refractivity contribution in [2.24, 2.45) is 5.16 Å². The normalized spacial score (nSPS) is 11.3. The molecule has 0 atom stereocenters. The van der Waals surface area contributed by atoms with Crippen LogP contribution in [0.3, 0.4) is 0 Å². The average Bonchev–Trinajstić information content (AvgIpc) is 1.89. The quantitative estimate of drug-likeness (QED) is 0.440. The van der Waals surface area contributed by atoms with E-state index in [0.717, 1.165) is 0 Å². The summed E-state index contributed by atoms with van der Waals surface area (Å²) in [6.45, 7) is 5.70. The molecule has 3 nitrogen and oxygen atoms in total. The molecule has 0 saturated heterocycles. The number of nitrogens with zero attached hydrogens (tertiary/aromatic N) is 1. The van der Waals surface area contributed by atoms with E-state index in [-0.39, 0.29) is 5.78 Å². The van der Waals surface area contributed by atoms with Gasteiger partial charge in [-0.25, -0.2) is 0 Å². The molecule has 0 aliphatic heterocycles. The Labute approximate surface area is 61.1 Å². The summed E-state index contributed by atoms with van der Waals surface area (Å²) < 4.78 is 0. The van der Waals surface area contributed by atoms with Gasteiger partial charge in [0.1, 0.15) is 12.3 Å². The number of hydrogen-bond acceptors (Lipinski definition) is 3. The van der Waals surface area contributed by atoms with Crippen molar-refractivity contribution in [3.05, 3.63) is 0 Å². The lowest BCUT2D eigenvalue weighted by atomic mass is 10.2. The Bertz CT molecular complexity index is 141. The smallest absolute Gasteiger partial charge is 0.177 e. The Hall–Kier alpha value is -0.860. The molecule has 0 aliphatic rings. The lowest BCUT2D eigenvalue weighted by molar-refractivity contribution is -0.111. The summed E-state index contributed by atoms with van der Waals surface area (Å²) in [6, 6.07) is 0. The van der Waals surface area contributed by atoms with Crippen molar-refractivity contribution in [3.8, 4) is 0 Å². The van der Waals surface area contributed by atoms with E-state index >= 15 is 0 Å². The van der Waals surface area contributed by atoms with Gasteiger partial charge < -0.3 is 4.84 Å². The van der Waals surface area contributed by atoms with Crippen LogP contribution in [-0.2, 0) is 9.63 Å². The summed E-state index contributed by atoms with van der Waals surface area (Å²) in [6.07, 6.45) is 0.634. The van der Waals surface area contributed by atoms with Crippen LogP contribution < -0.4 is 0 Å². The zero-order valence-corrected chi connectivity index (χ0v) is 6.68. The molecule has 0 bridgehead atoms. The summed E-state index contributed by atoms with van der Waals surface area (Å²) in [5, 5.41) is 3.63. The predicted molar refractivity (Wildman–Crippen MR) is 40.0 cm³/mol. The van der Waals surface area contributed by atoms with E-state index in [1.807, 2.05) is 13.8 Å². The van der Waals surface area contributed by atoms with E-state index in [1.165, 1.54) is 6.92 Å². The largest absolute Gasteiger partial charge is 0.396 e. The SMILES string of the molecule is CCON=C(CC)C(C)=O. The first-order valence-corrected chi connectivity index (χ1v) is 3.42. The maximum absolute atomic E-state index is 10.7. The van der Waals surface area contributed by atoms with Crippen LogP contribution in [0, 0.1) is 0 Å². The van der Waals surface area contributed by atoms with Crippen LogP contribution in [0.25, 0.3) is 0 Å². The molecule has 10 heavy (non-hydrogen) atoms. The highest BCUT2D eigenvalue weighted by Gasteiger charge is 2.01. The summed E-state index contributed by atoms with van der Waals surface area (Å²) in [4.78, 5) is 15.4. The highest BCUT2D eigenvalue weighted by molar-refractivity contribution is 6.38. The Morgan fingerprint density at radius 2 is 2.10 bits per heavy atom. The molecule has 0 fully saturated rings. The molecule has 0 N–H and O–H groups in total. The molecule has 0 radical (unpaired) electrons. The van der Waals surface area contributed by atoms with E-state index in [9.17, 15) is 4.79 Å². The molecule has 0 spiro atoms. The van der Waals surface area contributed by atoms with Gasteiger partial charge in [-0.05, 0) is 13.3 Å². The fraction of sp³-hybridized carbons (Fsp3) is 0.714. The van der Waals surface area contributed by atoms with Crippen LogP contribution in [0.4, 0.5) is 0 Å². The lowest BCUT2D eigenvalue weighted by Crippen LogP contribution is -2.08. The van der Waals surface area contributed by atoms with Crippen molar-refractivity contribution in [3.63, 3.8) is 0 Å². The summed E-state index contributed by atoms with van der Waals surface area (Å²) in [7, 11) is 0. The third kappa shape index (κ3) is 3.22. The first kappa shape index (κ1) is 9.14. The number of Topliss-reactive ketones (excluding diaryl/α,β-unsaturated/α-hetero) is 1. The van der Waals surface area contributed by atoms with Crippen molar-refractivity contribution >= 4 is 11.5 Å².